The second-order valence-electron chi connectivity index (χ2n) is 3.69. The summed E-state index contributed by atoms with van der Waals surface area (Å²) in [4.78, 5) is 0. The number of nitrogen functional groups attached to an aromatic ring is 1. The van der Waals surface area contributed by atoms with Crippen LogP contribution in [0.15, 0.2) is 47.6 Å². The van der Waals surface area contributed by atoms with Gasteiger partial charge >= 0.3 is 0 Å². The van der Waals surface area contributed by atoms with E-state index in [1.165, 1.54) is 18.2 Å². The van der Waals surface area contributed by atoms with E-state index in [0.29, 0.717) is 27.5 Å². The molecule has 92 valence electrons. The first-order chi connectivity index (χ1) is 8.63. The Bertz CT molecular complexity index is 611. The van der Waals surface area contributed by atoms with Crippen LogP contribution in [0.5, 0.6) is 0 Å². The van der Waals surface area contributed by atoms with E-state index < -0.39 is 5.82 Å². The lowest BCUT2D eigenvalue weighted by molar-refractivity contribution is 0.628. The molecule has 0 amide bonds. The van der Waals surface area contributed by atoms with Crippen LogP contribution in [-0.2, 0) is 0 Å². The maximum atomic E-state index is 13.3. The van der Waals surface area contributed by atoms with Crippen LogP contribution in [-0.4, -0.2) is 5.71 Å². The summed E-state index contributed by atoms with van der Waals surface area (Å²) in [5, 5.41) is 4.15. The fraction of sp³-hybridized carbons (Fsp3) is 0. The third-order valence-electron chi connectivity index (χ3n) is 2.53. The van der Waals surface area contributed by atoms with E-state index in [2.05, 4.69) is 5.10 Å². The van der Waals surface area contributed by atoms with Gasteiger partial charge in [0.1, 0.15) is 11.5 Å². The van der Waals surface area contributed by atoms with Gasteiger partial charge in [-0.2, -0.15) is 5.10 Å². The highest BCUT2D eigenvalue weighted by molar-refractivity contribution is 6.35. The van der Waals surface area contributed by atoms with Crippen LogP contribution in [0.1, 0.15) is 11.1 Å². The largest absolute Gasteiger partial charge is 0.398 e. The number of hydrazone groups is 1. The minimum Gasteiger partial charge on any atom is -0.398 e. The first-order valence-electron chi connectivity index (χ1n) is 5.21. The molecule has 0 heterocycles. The maximum Gasteiger partial charge on any atom is 0.124 e. The minimum atomic E-state index is -0.410. The van der Waals surface area contributed by atoms with Gasteiger partial charge in [-0.1, -0.05) is 29.8 Å². The van der Waals surface area contributed by atoms with Crippen molar-refractivity contribution >= 4 is 23.0 Å². The van der Waals surface area contributed by atoms with Gasteiger partial charge in [0.05, 0.1) is 5.02 Å². The molecular weight excluding hydrogens is 253 g/mol. The van der Waals surface area contributed by atoms with E-state index in [-0.39, 0.29) is 0 Å². The Balaban J connectivity index is 2.60. The van der Waals surface area contributed by atoms with Gasteiger partial charge in [0, 0.05) is 16.8 Å². The Labute approximate surface area is 109 Å². The van der Waals surface area contributed by atoms with Crippen LogP contribution in [0.25, 0.3) is 0 Å². The third-order valence-corrected chi connectivity index (χ3v) is 2.86. The zero-order valence-corrected chi connectivity index (χ0v) is 10.2. The van der Waals surface area contributed by atoms with Gasteiger partial charge in [-0.25, -0.2) is 4.39 Å². The molecule has 0 radical (unpaired) electrons. The zero-order valence-electron chi connectivity index (χ0n) is 9.40. The Morgan fingerprint density at radius 1 is 1.11 bits per heavy atom. The molecule has 0 aliphatic rings. The van der Waals surface area contributed by atoms with Crippen LogP contribution in [0.3, 0.4) is 0 Å². The van der Waals surface area contributed by atoms with Crippen LogP contribution < -0.4 is 11.6 Å². The van der Waals surface area contributed by atoms with Gasteiger partial charge in [-0.05, 0) is 24.3 Å². The topological polar surface area (TPSA) is 64.4 Å². The van der Waals surface area contributed by atoms with Crippen LogP contribution >= 0.6 is 11.6 Å². The highest BCUT2D eigenvalue weighted by atomic mass is 35.5. The Hall–Kier alpha value is -2.07. The fourth-order valence-electron chi connectivity index (χ4n) is 1.67. The fourth-order valence-corrected chi connectivity index (χ4v) is 1.90. The summed E-state index contributed by atoms with van der Waals surface area (Å²) in [6, 6.07) is 11.1. The maximum absolute atomic E-state index is 13.3. The molecule has 0 aliphatic carbocycles. The summed E-state index contributed by atoms with van der Waals surface area (Å²) in [6.07, 6.45) is 0. The second-order valence-corrected chi connectivity index (χ2v) is 4.10. The number of benzene rings is 2. The Morgan fingerprint density at radius 2 is 1.83 bits per heavy atom. The van der Waals surface area contributed by atoms with Crippen LogP contribution in [0.4, 0.5) is 10.1 Å². The molecule has 0 aliphatic heterocycles. The van der Waals surface area contributed by atoms with Crippen molar-refractivity contribution in [2.45, 2.75) is 0 Å². The predicted octanol–water partition coefficient (Wildman–Crippen LogP) is 2.77. The zero-order chi connectivity index (χ0) is 13.1. The minimum absolute atomic E-state index is 0.359. The Kier molecular flexibility index (Phi) is 3.48. The molecule has 0 saturated heterocycles. The van der Waals surface area contributed by atoms with E-state index >= 15 is 0 Å². The lowest BCUT2D eigenvalue weighted by atomic mass is 10.0. The molecule has 2 aromatic carbocycles. The highest BCUT2D eigenvalue weighted by Crippen LogP contribution is 2.23. The SMILES string of the molecule is NN=C(c1cc(F)ccc1N)c1ccccc1Cl. The monoisotopic (exact) mass is 263 g/mol. The van der Waals surface area contributed by atoms with Gasteiger partial charge in [0.15, 0.2) is 0 Å². The summed E-state index contributed by atoms with van der Waals surface area (Å²) in [7, 11) is 0. The smallest absolute Gasteiger partial charge is 0.124 e. The number of hydrogen-bond acceptors (Lipinski definition) is 3. The predicted molar refractivity (Wildman–Crippen MR) is 72.1 cm³/mol. The molecule has 0 fully saturated rings. The quantitative estimate of drug-likeness (QED) is 0.379. The summed E-state index contributed by atoms with van der Waals surface area (Å²) < 4.78 is 13.3. The van der Waals surface area contributed by atoms with Crippen molar-refractivity contribution in [1.29, 1.82) is 0 Å². The van der Waals surface area contributed by atoms with E-state index in [1.807, 2.05) is 0 Å². The lowest BCUT2D eigenvalue weighted by Gasteiger charge is -2.10. The molecule has 0 unspecified atom stereocenters. The molecule has 5 heteroatoms. The van der Waals surface area contributed by atoms with Gasteiger partial charge in [-0.15, -0.1) is 0 Å². The van der Waals surface area contributed by atoms with Crippen molar-refractivity contribution in [3.63, 3.8) is 0 Å². The number of halogens is 2. The first-order valence-corrected chi connectivity index (χ1v) is 5.59. The summed E-state index contributed by atoms with van der Waals surface area (Å²) in [5.74, 6) is 4.97. The molecule has 4 N–H and O–H groups in total. The van der Waals surface area contributed by atoms with Crippen molar-refractivity contribution in [3.8, 4) is 0 Å². The Morgan fingerprint density at radius 3 is 2.50 bits per heavy atom. The van der Waals surface area contributed by atoms with E-state index in [1.54, 1.807) is 24.3 Å². The average molecular weight is 264 g/mol. The van der Waals surface area contributed by atoms with Crippen molar-refractivity contribution in [1.82, 2.24) is 0 Å². The summed E-state index contributed by atoms with van der Waals surface area (Å²) >= 11 is 6.07. The molecule has 18 heavy (non-hydrogen) atoms. The molecule has 2 rings (SSSR count). The third kappa shape index (κ3) is 2.28. The van der Waals surface area contributed by atoms with Gasteiger partial charge in [-0.3, -0.25) is 0 Å². The number of rotatable bonds is 2. The number of nitrogens with two attached hydrogens (primary N) is 2. The summed E-state index contributed by atoms with van der Waals surface area (Å²) in [6.45, 7) is 0. The van der Waals surface area contributed by atoms with Gasteiger partial charge in [0.25, 0.3) is 0 Å². The molecule has 2 aromatic rings. The molecule has 0 bridgehead atoms. The van der Waals surface area contributed by atoms with Crippen molar-refractivity contribution < 1.29 is 4.39 Å². The molecule has 0 spiro atoms. The molecule has 0 saturated carbocycles. The van der Waals surface area contributed by atoms with Gasteiger partial charge in [0.2, 0.25) is 0 Å². The van der Waals surface area contributed by atoms with E-state index in [9.17, 15) is 4.39 Å². The normalized spacial score (nSPS) is 11.6. The van der Waals surface area contributed by atoms with E-state index in [0.717, 1.165) is 0 Å². The molecule has 3 nitrogen and oxygen atoms in total. The van der Waals surface area contributed by atoms with E-state index in [4.69, 9.17) is 23.2 Å². The van der Waals surface area contributed by atoms with Crippen LogP contribution in [0, 0.1) is 5.82 Å². The lowest BCUT2D eigenvalue weighted by Crippen LogP contribution is -2.10. The highest BCUT2D eigenvalue weighted by Gasteiger charge is 2.13. The molecule has 0 atom stereocenters. The van der Waals surface area contributed by atoms with Crippen LogP contribution in [0.2, 0.25) is 5.02 Å². The average Bonchev–Trinajstić information content (AvgIpc) is 2.36. The van der Waals surface area contributed by atoms with Crippen molar-refractivity contribution in [2.24, 2.45) is 10.9 Å². The van der Waals surface area contributed by atoms with Crippen molar-refractivity contribution in [2.75, 3.05) is 5.73 Å². The number of hydrogen-bond donors (Lipinski definition) is 2. The van der Waals surface area contributed by atoms with Gasteiger partial charge < -0.3 is 11.6 Å². The summed E-state index contributed by atoms with van der Waals surface area (Å²) in [5.41, 5.74) is 7.59. The second kappa shape index (κ2) is 5.06. The first kappa shape index (κ1) is 12.4. The number of anilines is 1. The van der Waals surface area contributed by atoms with Crippen molar-refractivity contribution in [3.05, 3.63) is 64.4 Å². The molecule has 0 aromatic heterocycles. The standard InChI is InChI=1S/C13H11ClFN3/c14-11-4-2-1-3-9(11)13(18-17)10-7-8(15)5-6-12(10)16/h1-7H,16-17H2. The molecular formula is C13H11ClFN3. The number of nitrogens with zero attached hydrogens (tertiary/aromatic N) is 1.